The lowest BCUT2D eigenvalue weighted by Crippen LogP contribution is -1.83. The van der Waals surface area contributed by atoms with Crippen molar-refractivity contribution >= 4 is 22.6 Å². The zero-order chi connectivity index (χ0) is 13.6. The largest absolute Gasteiger partial charge is 0.508 e. The van der Waals surface area contributed by atoms with E-state index in [0.29, 0.717) is 10.8 Å². The van der Waals surface area contributed by atoms with Gasteiger partial charge < -0.3 is 9.52 Å². The van der Waals surface area contributed by atoms with E-state index in [1.807, 2.05) is 38.1 Å². The van der Waals surface area contributed by atoms with Gasteiger partial charge in [-0.1, -0.05) is 23.7 Å². The van der Waals surface area contributed by atoms with E-state index < -0.39 is 0 Å². The van der Waals surface area contributed by atoms with Crippen LogP contribution in [-0.2, 0) is 0 Å². The Kier molecular flexibility index (Phi) is 2.76. The molecule has 0 aliphatic carbocycles. The molecule has 3 rings (SSSR count). The van der Waals surface area contributed by atoms with Crippen molar-refractivity contribution in [2.75, 3.05) is 0 Å². The molecule has 0 amide bonds. The third-order valence-electron chi connectivity index (χ3n) is 3.55. The molecule has 0 unspecified atom stereocenters. The Morgan fingerprint density at radius 2 is 1.74 bits per heavy atom. The maximum Gasteiger partial charge on any atom is 0.137 e. The molecule has 0 fully saturated rings. The van der Waals surface area contributed by atoms with E-state index in [0.717, 1.165) is 33.2 Å². The van der Waals surface area contributed by atoms with E-state index >= 15 is 0 Å². The Labute approximate surface area is 116 Å². The first kappa shape index (κ1) is 12.1. The van der Waals surface area contributed by atoms with Crippen LogP contribution in [0.15, 0.2) is 41.0 Å². The maximum atomic E-state index is 9.97. The smallest absolute Gasteiger partial charge is 0.137 e. The average Bonchev–Trinajstić information content (AvgIpc) is 2.81. The summed E-state index contributed by atoms with van der Waals surface area (Å²) in [4.78, 5) is 0. The molecule has 1 N–H and O–H groups in total. The number of fused-ring (bicyclic) bond motifs is 1. The third-order valence-corrected chi connectivity index (χ3v) is 3.80. The minimum atomic E-state index is 0.293. The number of hydrogen-bond donors (Lipinski definition) is 1. The SMILES string of the molecule is Cc1c(O)cc2c(-c3ccc(Cl)cc3)coc2c1C. The van der Waals surface area contributed by atoms with Gasteiger partial charge in [-0.3, -0.25) is 0 Å². The van der Waals surface area contributed by atoms with E-state index in [2.05, 4.69) is 0 Å². The Hall–Kier alpha value is -1.93. The molecule has 1 aromatic heterocycles. The lowest BCUT2D eigenvalue weighted by atomic mass is 10.0. The van der Waals surface area contributed by atoms with Crippen LogP contribution in [0.4, 0.5) is 0 Å². The standard InChI is InChI=1S/C16H13ClO2/c1-9-10(2)16-13(7-15(9)18)14(8-19-16)11-3-5-12(17)6-4-11/h3-8,18H,1-2H3. The van der Waals surface area contributed by atoms with Crippen LogP contribution >= 0.6 is 11.6 Å². The molecule has 96 valence electrons. The first-order valence-corrected chi connectivity index (χ1v) is 6.42. The van der Waals surface area contributed by atoms with Gasteiger partial charge in [0, 0.05) is 16.0 Å². The highest BCUT2D eigenvalue weighted by Gasteiger charge is 2.14. The molecule has 0 saturated carbocycles. The lowest BCUT2D eigenvalue weighted by Gasteiger charge is -2.05. The van der Waals surface area contributed by atoms with Crippen LogP contribution in [-0.4, -0.2) is 5.11 Å². The van der Waals surface area contributed by atoms with Gasteiger partial charge in [0.2, 0.25) is 0 Å². The summed E-state index contributed by atoms with van der Waals surface area (Å²) < 4.78 is 5.66. The maximum absolute atomic E-state index is 9.97. The van der Waals surface area contributed by atoms with Crippen LogP contribution in [0.2, 0.25) is 5.02 Å². The number of aryl methyl sites for hydroxylation is 1. The fourth-order valence-corrected chi connectivity index (χ4v) is 2.39. The predicted molar refractivity (Wildman–Crippen MR) is 77.8 cm³/mol. The summed E-state index contributed by atoms with van der Waals surface area (Å²) in [7, 11) is 0. The quantitative estimate of drug-likeness (QED) is 0.670. The van der Waals surface area contributed by atoms with Crippen LogP contribution < -0.4 is 0 Å². The van der Waals surface area contributed by atoms with Crippen molar-refractivity contribution in [2.45, 2.75) is 13.8 Å². The molecule has 0 radical (unpaired) electrons. The molecule has 0 bridgehead atoms. The van der Waals surface area contributed by atoms with Gasteiger partial charge in [0.05, 0.1) is 6.26 Å². The molecule has 0 aliphatic rings. The van der Waals surface area contributed by atoms with Crippen molar-refractivity contribution < 1.29 is 9.52 Å². The zero-order valence-corrected chi connectivity index (χ0v) is 11.5. The molecule has 0 spiro atoms. The summed E-state index contributed by atoms with van der Waals surface area (Å²) in [5.74, 6) is 0.293. The van der Waals surface area contributed by atoms with Crippen molar-refractivity contribution in [1.29, 1.82) is 0 Å². The topological polar surface area (TPSA) is 33.4 Å². The molecule has 2 aromatic carbocycles. The van der Waals surface area contributed by atoms with Crippen molar-refractivity contribution in [2.24, 2.45) is 0 Å². The summed E-state index contributed by atoms with van der Waals surface area (Å²) in [6.07, 6.45) is 1.72. The molecule has 0 saturated heterocycles. The van der Waals surface area contributed by atoms with Crippen LogP contribution in [0.1, 0.15) is 11.1 Å². The summed E-state index contributed by atoms with van der Waals surface area (Å²) in [6, 6.07) is 9.33. The molecule has 0 atom stereocenters. The number of furan rings is 1. The molecule has 0 aliphatic heterocycles. The van der Waals surface area contributed by atoms with Gasteiger partial charge in [0.1, 0.15) is 11.3 Å². The van der Waals surface area contributed by atoms with Crippen molar-refractivity contribution in [3.63, 3.8) is 0 Å². The highest BCUT2D eigenvalue weighted by molar-refractivity contribution is 6.30. The van der Waals surface area contributed by atoms with E-state index in [-0.39, 0.29) is 0 Å². The zero-order valence-electron chi connectivity index (χ0n) is 10.7. The van der Waals surface area contributed by atoms with Crippen LogP contribution in [0.25, 0.3) is 22.1 Å². The highest BCUT2D eigenvalue weighted by Crippen LogP contribution is 2.37. The summed E-state index contributed by atoms with van der Waals surface area (Å²) in [6.45, 7) is 3.83. The normalized spacial score (nSPS) is 11.1. The van der Waals surface area contributed by atoms with Gasteiger partial charge in [-0.25, -0.2) is 0 Å². The van der Waals surface area contributed by atoms with Gasteiger partial charge in [-0.05, 0) is 48.7 Å². The predicted octanol–water partition coefficient (Wildman–Crippen LogP) is 5.08. The first-order valence-electron chi connectivity index (χ1n) is 6.04. The van der Waals surface area contributed by atoms with Gasteiger partial charge in [0.15, 0.2) is 0 Å². The molecule has 3 aromatic rings. The summed E-state index contributed by atoms with van der Waals surface area (Å²) in [5, 5.41) is 11.6. The van der Waals surface area contributed by atoms with E-state index in [1.165, 1.54) is 0 Å². The molecular formula is C16H13ClO2. The number of phenols is 1. The van der Waals surface area contributed by atoms with Gasteiger partial charge in [-0.15, -0.1) is 0 Å². The summed E-state index contributed by atoms with van der Waals surface area (Å²) >= 11 is 5.90. The van der Waals surface area contributed by atoms with E-state index in [1.54, 1.807) is 12.3 Å². The monoisotopic (exact) mass is 272 g/mol. The summed E-state index contributed by atoms with van der Waals surface area (Å²) in [5.41, 5.74) is 4.62. The second kappa shape index (κ2) is 4.32. The fourth-order valence-electron chi connectivity index (χ4n) is 2.26. The van der Waals surface area contributed by atoms with Crippen LogP contribution in [0, 0.1) is 13.8 Å². The lowest BCUT2D eigenvalue weighted by molar-refractivity contribution is 0.471. The highest BCUT2D eigenvalue weighted by atomic mass is 35.5. The van der Waals surface area contributed by atoms with Crippen molar-refractivity contribution in [3.05, 3.63) is 52.7 Å². The Morgan fingerprint density at radius 3 is 2.42 bits per heavy atom. The second-order valence-corrected chi connectivity index (χ2v) is 5.12. The van der Waals surface area contributed by atoms with Crippen molar-refractivity contribution in [3.8, 4) is 16.9 Å². The molecule has 1 heterocycles. The number of hydrogen-bond acceptors (Lipinski definition) is 2. The van der Waals surface area contributed by atoms with Gasteiger partial charge in [-0.2, -0.15) is 0 Å². The number of phenolic OH excluding ortho intramolecular Hbond substituents is 1. The second-order valence-electron chi connectivity index (χ2n) is 4.68. The van der Waals surface area contributed by atoms with E-state index in [4.69, 9.17) is 16.0 Å². The Bertz CT molecular complexity index is 755. The Balaban J connectivity index is 2.29. The van der Waals surface area contributed by atoms with Crippen LogP contribution in [0.3, 0.4) is 0 Å². The minimum absolute atomic E-state index is 0.293. The van der Waals surface area contributed by atoms with Gasteiger partial charge >= 0.3 is 0 Å². The van der Waals surface area contributed by atoms with Gasteiger partial charge in [0.25, 0.3) is 0 Å². The fraction of sp³-hybridized carbons (Fsp3) is 0.125. The molecule has 3 heteroatoms. The van der Waals surface area contributed by atoms with Crippen LogP contribution in [0.5, 0.6) is 5.75 Å². The average molecular weight is 273 g/mol. The third kappa shape index (κ3) is 1.89. The first-order chi connectivity index (χ1) is 9.08. The number of rotatable bonds is 1. The van der Waals surface area contributed by atoms with E-state index in [9.17, 15) is 5.11 Å². The van der Waals surface area contributed by atoms with Crippen molar-refractivity contribution in [1.82, 2.24) is 0 Å². The minimum Gasteiger partial charge on any atom is -0.508 e. The number of aromatic hydroxyl groups is 1. The Morgan fingerprint density at radius 1 is 1.05 bits per heavy atom. The molecule has 2 nitrogen and oxygen atoms in total. The number of halogens is 1. The molecular weight excluding hydrogens is 260 g/mol. The number of benzene rings is 2. The molecule has 19 heavy (non-hydrogen) atoms.